The van der Waals surface area contributed by atoms with Crippen molar-refractivity contribution in [3.8, 4) is 0 Å². The number of nitrogens with two attached hydrogens (primary N) is 1. The number of alkyl halides is 3. The maximum absolute atomic E-state index is 11.7. The van der Waals surface area contributed by atoms with Crippen LogP contribution >= 0.6 is 0 Å². The molecule has 0 bridgehead atoms. The van der Waals surface area contributed by atoms with Gasteiger partial charge in [-0.15, -0.1) is 13.2 Å². The number of halogens is 3. The second kappa shape index (κ2) is 3.33. The number of hydroxylamine groups is 2. The van der Waals surface area contributed by atoms with Gasteiger partial charge in [0.25, 0.3) is 5.70 Å². The van der Waals surface area contributed by atoms with E-state index in [-0.39, 0.29) is 18.0 Å². The van der Waals surface area contributed by atoms with Crippen LogP contribution in [0.3, 0.4) is 0 Å². The molecule has 0 amide bonds. The highest BCUT2D eigenvalue weighted by molar-refractivity contribution is 5.07. The molecule has 0 aromatic heterocycles. The lowest BCUT2D eigenvalue weighted by molar-refractivity contribution is -0.429. The average Bonchev–Trinajstić information content (AvgIpc) is 2.29. The molecule has 9 heteroatoms. The third-order valence-corrected chi connectivity index (χ3v) is 1.55. The average molecular weight is 213 g/mol. The lowest BCUT2D eigenvalue weighted by Crippen LogP contribution is -2.32. The summed E-state index contributed by atoms with van der Waals surface area (Å²) in [7, 11) is 0. The highest BCUT2D eigenvalue weighted by atomic mass is 19.4. The Morgan fingerprint density at radius 1 is 1.57 bits per heavy atom. The fraction of sp³-hybridized carbons (Fsp3) is 0.600. The maximum atomic E-state index is 11.7. The quantitative estimate of drug-likeness (QED) is 0.535. The molecular formula is C5H6F3N3O3. The molecule has 1 heterocycles. The van der Waals surface area contributed by atoms with Gasteiger partial charge in [-0.25, -0.2) is 5.06 Å². The van der Waals surface area contributed by atoms with E-state index < -0.39 is 22.8 Å². The van der Waals surface area contributed by atoms with Crippen LogP contribution in [0.1, 0.15) is 6.42 Å². The fourth-order valence-corrected chi connectivity index (χ4v) is 1.00. The van der Waals surface area contributed by atoms with Crippen molar-refractivity contribution in [2.75, 3.05) is 6.54 Å². The summed E-state index contributed by atoms with van der Waals surface area (Å²) in [5.41, 5.74) is 4.61. The van der Waals surface area contributed by atoms with Gasteiger partial charge in [0.15, 0.2) is 5.82 Å². The minimum atomic E-state index is -4.89. The van der Waals surface area contributed by atoms with Crippen molar-refractivity contribution in [3.63, 3.8) is 0 Å². The topological polar surface area (TPSA) is 81.6 Å². The first-order chi connectivity index (χ1) is 6.31. The Morgan fingerprint density at radius 3 is 2.50 bits per heavy atom. The first-order valence-electron chi connectivity index (χ1n) is 3.47. The molecule has 0 aliphatic carbocycles. The minimum Gasteiger partial charge on any atom is -0.378 e. The molecule has 0 saturated carbocycles. The zero-order chi connectivity index (χ0) is 10.9. The molecule has 0 radical (unpaired) electrons. The van der Waals surface area contributed by atoms with Gasteiger partial charge in [0.1, 0.15) is 0 Å². The van der Waals surface area contributed by atoms with Crippen molar-refractivity contribution in [2.24, 2.45) is 5.73 Å². The lowest BCUT2D eigenvalue weighted by atomic mass is 10.4. The Labute approximate surface area is 75.8 Å². The number of nitrogens with zero attached hydrogens (tertiary/aromatic N) is 2. The van der Waals surface area contributed by atoms with Crippen molar-refractivity contribution in [2.45, 2.75) is 12.8 Å². The smallest absolute Gasteiger partial charge is 0.378 e. The van der Waals surface area contributed by atoms with E-state index in [1.807, 2.05) is 0 Å². The van der Waals surface area contributed by atoms with Crippen LogP contribution in [-0.4, -0.2) is 22.9 Å². The van der Waals surface area contributed by atoms with Crippen LogP contribution in [0, 0.1) is 10.1 Å². The molecule has 0 aromatic rings. The molecule has 0 atom stereocenters. The summed E-state index contributed by atoms with van der Waals surface area (Å²) in [5.74, 6) is -0.604. The normalized spacial score (nSPS) is 17.8. The number of nitro groups is 1. The molecule has 0 spiro atoms. The van der Waals surface area contributed by atoms with E-state index in [9.17, 15) is 23.3 Å². The van der Waals surface area contributed by atoms with Gasteiger partial charge >= 0.3 is 6.36 Å². The minimum absolute atomic E-state index is 0.172. The summed E-state index contributed by atoms with van der Waals surface area (Å²) < 4.78 is 35.1. The van der Waals surface area contributed by atoms with Gasteiger partial charge < -0.3 is 5.73 Å². The summed E-state index contributed by atoms with van der Waals surface area (Å²) in [4.78, 5) is 12.8. The summed E-state index contributed by atoms with van der Waals surface area (Å²) in [5, 5.41) is 10.5. The highest BCUT2D eigenvalue weighted by Crippen LogP contribution is 2.26. The molecule has 80 valence electrons. The molecule has 0 saturated heterocycles. The van der Waals surface area contributed by atoms with E-state index >= 15 is 0 Å². The Balaban J connectivity index is 2.73. The van der Waals surface area contributed by atoms with Gasteiger partial charge in [0.2, 0.25) is 0 Å². The van der Waals surface area contributed by atoms with E-state index in [2.05, 4.69) is 4.84 Å². The Hall–Kier alpha value is -1.51. The van der Waals surface area contributed by atoms with Gasteiger partial charge in [-0.2, -0.15) is 4.84 Å². The first kappa shape index (κ1) is 10.6. The summed E-state index contributed by atoms with van der Waals surface area (Å²) in [6, 6.07) is 0. The third kappa shape index (κ3) is 2.25. The van der Waals surface area contributed by atoms with Crippen molar-refractivity contribution in [1.82, 2.24) is 5.06 Å². The second-order valence-electron chi connectivity index (χ2n) is 2.48. The summed E-state index contributed by atoms with van der Waals surface area (Å²) in [6.45, 7) is -0.276. The summed E-state index contributed by atoms with van der Waals surface area (Å²) in [6.07, 6.45) is -5.06. The molecule has 1 aliphatic rings. The molecule has 14 heavy (non-hydrogen) atoms. The first-order valence-corrected chi connectivity index (χ1v) is 3.47. The van der Waals surface area contributed by atoms with Crippen LogP contribution < -0.4 is 5.73 Å². The van der Waals surface area contributed by atoms with Crippen molar-refractivity contribution < 1.29 is 22.9 Å². The monoisotopic (exact) mass is 213 g/mol. The summed E-state index contributed by atoms with van der Waals surface area (Å²) >= 11 is 0. The molecule has 0 aromatic carbocycles. The van der Waals surface area contributed by atoms with Crippen molar-refractivity contribution in [3.05, 3.63) is 21.6 Å². The molecule has 1 rings (SSSR count). The Kier molecular flexibility index (Phi) is 2.51. The predicted octanol–water partition coefficient (Wildman–Crippen LogP) is 0.548. The Bertz CT molecular complexity index is 288. The largest absolute Gasteiger partial charge is 0.544 e. The standard InChI is InChI=1S/C5H6F3N3O3/c6-5(7,8)14-10-2-1-3(4(10)9)11(12)13/h1-2,9H2. The van der Waals surface area contributed by atoms with Crippen molar-refractivity contribution in [1.29, 1.82) is 0 Å². The SMILES string of the molecule is NC1=C([N+](=O)[O-])CCN1OC(F)(F)F. The highest BCUT2D eigenvalue weighted by Gasteiger charge is 2.39. The number of rotatable bonds is 2. The van der Waals surface area contributed by atoms with E-state index in [1.165, 1.54) is 0 Å². The zero-order valence-corrected chi connectivity index (χ0v) is 6.74. The zero-order valence-electron chi connectivity index (χ0n) is 6.74. The maximum Gasteiger partial charge on any atom is 0.544 e. The van der Waals surface area contributed by atoms with Crippen LogP contribution in [0.2, 0.25) is 0 Å². The third-order valence-electron chi connectivity index (χ3n) is 1.55. The second-order valence-corrected chi connectivity index (χ2v) is 2.48. The lowest BCUT2D eigenvalue weighted by Gasteiger charge is -2.18. The van der Waals surface area contributed by atoms with Gasteiger partial charge in [0.05, 0.1) is 17.9 Å². The van der Waals surface area contributed by atoms with Crippen molar-refractivity contribution >= 4 is 0 Å². The number of hydrogen-bond acceptors (Lipinski definition) is 5. The molecule has 1 aliphatic heterocycles. The van der Waals surface area contributed by atoms with Crippen LogP contribution in [0.4, 0.5) is 13.2 Å². The molecule has 2 N–H and O–H groups in total. The molecular weight excluding hydrogens is 207 g/mol. The van der Waals surface area contributed by atoms with E-state index in [0.29, 0.717) is 0 Å². The van der Waals surface area contributed by atoms with E-state index in [4.69, 9.17) is 5.73 Å². The van der Waals surface area contributed by atoms with Crippen LogP contribution in [-0.2, 0) is 4.84 Å². The fourth-order valence-electron chi connectivity index (χ4n) is 1.00. The number of hydrogen-bond donors (Lipinski definition) is 1. The van der Waals surface area contributed by atoms with Gasteiger partial charge in [0, 0.05) is 0 Å². The molecule has 0 fully saturated rings. The van der Waals surface area contributed by atoms with Crippen LogP contribution in [0.5, 0.6) is 0 Å². The van der Waals surface area contributed by atoms with Crippen LogP contribution in [0.25, 0.3) is 0 Å². The van der Waals surface area contributed by atoms with E-state index in [1.54, 1.807) is 0 Å². The Morgan fingerprint density at radius 2 is 2.14 bits per heavy atom. The van der Waals surface area contributed by atoms with E-state index in [0.717, 1.165) is 0 Å². The van der Waals surface area contributed by atoms with Gasteiger partial charge in [-0.1, -0.05) is 0 Å². The van der Waals surface area contributed by atoms with Gasteiger partial charge in [-0.05, 0) is 0 Å². The van der Waals surface area contributed by atoms with Crippen LogP contribution in [0.15, 0.2) is 11.5 Å². The molecule has 0 unspecified atom stereocenters. The molecule has 6 nitrogen and oxygen atoms in total. The predicted molar refractivity (Wildman–Crippen MR) is 36.7 cm³/mol. The van der Waals surface area contributed by atoms with Gasteiger partial charge in [-0.3, -0.25) is 10.1 Å².